The summed E-state index contributed by atoms with van der Waals surface area (Å²) in [5.41, 5.74) is 0.314. The molecular weight excluding hydrogens is 126 g/mol. The molecule has 2 nitrogen and oxygen atoms in total. The Kier molecular flexibility index (Phi) is 2.32. The third-order valence-electron chi connectivity index (χ3n) is 2.03. The monoisotopic (exact) mass is 145 g/mol. The van der Waals surface area contributed by atoms with Crippen molar-refractivity contribution in [1.82, 2.24) is 5.32 Å². The second-order valence-corrected chi connectivity index (χ2v) is 3.43. The molecule has 0 atom stereocenters. The van der Waals surface area contributed by atoms with Crippen LogP contribution in [0.4, 0.5) is 0 Å². The first-order valence-corrected chi connectivity index (χ1v) is 4.04. The van der Waals surface area contributed by atoms with E-state index in [2.05, 4.69) is 26.1 Å². The highest BCUT2D eigenvalue weighted by atomic mass is 16.5. The Bertz CT molecular complexity index is 107. The fraction of sp³-hybridized carbons (Fsp3) is 1.00. The van der Waals surface area contributed by atoms with Gasteiger partial charge in [-0.1, -0.05) is 20.8 Å². The van der Waals surface area contributed by atoms with Crippen molar-refractivity contribution < 1.29 is 6.16 Å². The normalized spacial score (nSPS) is 22.8. The van der Waals surface area contributed by atoms with Gasteiger partial charge in [-0.2, -0.15) is 0 Å². The van der Waals surface area contributed by atoms with Crippen molar-refractivity contribution in [3.05, 3.63) is 0 Å². The van der Waals surface area contributed by atoms with Gasteiger partial charge < -0.3 is 10.1 Å². The summed E-state index contributed by atoms with van der Waals surface area (Å²) in [6.45, 7) is 8.34. The van der Waals surface area contributed by atoms with Gasteiger partial charge in [0.1, 0.15) is 0 Å². The van der Waals surface area contributed by atoms with Crippen LogP contribution in [0.5, 0.6) is 0 Å². The van der Waals surface area contributed by atoms with E-state index in [-0.39, 0.29) is 1.43 Å². The molecule has 1 fully saturated rings. The minimum Gasteiger partial charge on any atom is -0.377 e. The van der Waals surface area contributed by atoms with Crippen LogP contribution in [-0.2, 0) is 4.74 Å². The maximum atomic E-state index is 5.17. The van der Waals surface area contributed by atoms with Gasteiger partial charge in [-0.15, -0.1) is 0 Å². The minimum atomic E-state index is 0. The smallest absolute Gasteiger partial charge is 0.0671 e. The summed E-state index contributed by atoms with van der Waals surface area (Å²) in [7, 11) is 0. The maximum Gasteiger partial charge on any atom is 0.0671 e. The molecule has 0 aromatic heterocycles. The average Bonchev–Trinajstić information content (AvgIpc) is 1.78. The Morgan fingerprint density at radius 1 is 1.60 bits per heavy atom. The highest BCUT2D eigenvalue weighted by Crippen LogP contribution is 2.20. The zero-order valence-corrected chi connectivity index (χ0v) is 7.11. The summed E-state index contributed by atoms with van der Waals surface area (Å²) in [4.78, 5) is 0. The average molecular weight is 145 g/mol. The van der Waals surface area contributed by atoms with Gasteiger partial charge in [0.2, 0.25) is 0 Å². The second kappa shape index (κ2) is 2.89. The van der Waals surface area contributed by atoms with Crippen molar-refractivity contribution >= 4 is 0 Å². The number of nitrogens with one attached hydrogen (secondary N) is 1. The van der Waals surface area contributed by atoms with Crippen LogP contribution in [0.15, 0.2) is 0 Å². The standard InChI is InChI=1S/C8H17NO.H2/c1-4-8(5-10-6-8)9-7(2)3;/h7,9H,4-6H2,1-3H3;1H. The lowest BCUT2D eigenvalue weighted by molar-refractivity contribution is -0.0796. The highest BCUT2D eigenvalue weighted by molar-refractivity contribution is 4.93. The van der Waals surface area contributed by atoms with Crippen LogP contribution in [0.2, 0.25) is 0 Å². The van der Waals surface area contributed by atoms with Gasteiger partial charge in [-0.3, -0.25) is 0 Å². The van der Waals surface area contributed by atoms with Crippen molar-refractivity contribution in [2.75, 3.05) is 13.2 Å². The fourth-order valence-electron chi connectivity index (χ4n) is 1.35. The summed E-state index contributed by atoms with van der Waals surface area (Å²) >= 11 is 0. The number of hydrogen-bond acceptors (Lipinski definition) is 2. The lowest BCUT2D eigenvalue weighted by Gasteiger charge is -2.43. The van der Waals surface area contributed by atoms with Gasteiger partial charge in [0.25, 0.3) is 0 Å². The van der Waals surface area contributed by atoms with Crippen molar-refractivity contribution in [2.24, 2.45) is 0 Å². The second-order valence-electron chi connectivity index (χ2n) is 3.43. The van der Waals surface area contributed by atoms with E-state index in [1.807, 2.05) is 0 Å². The molecule has 0 radical (unpaired) electrons. The first-order valence-electron chi connectivity index (χ1n) is 4.04. The topological polar surface area (TPSA) is 21.3 Å². The van der Waals surface area contributed by atoms with Crippen LogP contribution in [0.3, 0.4) is 0 Å². The molecule has 1 heterocycles. The molecular formula is C8H19NO. The van der Waals surface area contributed by atoms with Crippen LogP contribution >= 0.6 is 0 Å². The summed E-state index contributed by atoms with van der Waals surface area (Å²) in [5.74, 6) is 0. The summed E-state index contributed by atoms with van der Waals surface area (Å²) in [5, 5.41) is 3.52. The Labute approximate surface area is 64.4 Å². The fourth-order valence-corrected chi connectivity index (χ4v) is 1.35. The van der Waals surface area contributed by atoms with Gasteiger partial charge in [-0.25, -0.2) is 0 Å². The van der Waals surface area contributed by atoms with E-state index in [0.717, 1.165) is 13.2 Å². The van der Waals surface area contributed by atoms with Crippen molar-refractivity contribution in [1.29, 1.82) is 0 Å². The van der Waals surface area contributed by atoms with Gasteiger partial charge >= 0.3 is 0 Å². The summed E-state index contributed by atoms with van der Waals surface area (Å²) in [6, 6.07) is 0.573. The lowest BCUT2D eigenvalue weighted by Crippen LogP contribution is -2.61. The SMILES string of the molecule is CCC1(NC(C)C)COC1.[HH]. The van der Waals surface area contributed by atoms with E-state index in [1.54, 1.807) is 0 Å². The molecule has 0 aromatic carbocycles. The Morgan fingerprint density at radius 2 is 2.20 bits per heavy atom. The van der Waals surface area contributed by atoms with Crippen molar-refractivity contribution in [2.45, 2.75) is 38.8 Å². The molecule has 1 rings (SSSR count). The zero-order chi connectivity index (χ0) is 7.61. The maximum absolute atomic E-state index is 5.17. The molecule has 0 aromatic rings. The van der Waals surface area contributed by atoms with E-state index in [4.69, 9.17) is 4.74 Å². The highest BCUT2D eigenvalue weighted by Gasteiger charge is 2.36. The molecule has 10 heavy (non-hydrogen) atoms. The molecule has 0 aliphatic carbocycles. The van der Waals surface area contributed by atoms with Crippen LogP contribution in [0.25, 0.3) is 0 Å². The van der Waals surface area contributed by atoms with Gasteiger partial charge in [0.05, 0.1) is 18.8 Å². The lowest BCUT2D eigenvalue weighted by atomic mass is 9.93. The molecule has 0 spiro atoms. The van der Waals surface area contributed by atoms with E-state index < -0.39 is 0 Å². The molecule has 2 heteroatoms. The molecule has 62 valence electrons. The summed E-state index contributed by atoms with van der Waals surface area (Å²) in [6.07, 6.45) is 1.17. The largest absolute Gasteiger partial charge is 0.377 e. The van der Waals surface area contributed by atoms with Crippen LogP contribution in [0, 0.1) is 0 Å². The van der Waals surface area contributed by atoms with E-state index >= 15 is 0 Å². The van der Waals surface area contributed by atoms with Crippen LogP contribution in [0.1, 0.15) is 28.6 Å². The first kappa shape index (κ1) is 8.02. The Balaban J connectivity index is 0.000001000. The first-order chi connectivity index (χ1) is 4.68. The molecule has 1 aliphatic heterocycles. The molecule has 0 unspecified atom stereocenters. The van der Waals surface area contributed by atoms with Crippen LogP contribution in [-0.4, -0.2) is 24.8 Å². The van der Waals surface area contributed by atoms with Crippen molar-refractivity contribution in [3.8, 4) is 0 Å². The third-order valence-corrected chi connectivity index (χ3v) is 2.03. The molecule has 1 aliphatic rings. The van der Waals surface area contributed by atoms with E-state index in [1.165, 1.54) is 6.42 Å². The quantitative estimate of drug-likeness (QED) is 0.648. The third kappa shape index (κ3) is 1.50. The number of rotatable bonds is 3. The van der Waals surface area contributed by atoms with Gasteiger partial charge in [0.15, 0.2) is 0 Å². The number of ether oxygens (including phenoxy) is 1. The molecule has 0 amide bonds. The summed E-state index contributed by atoms with van der Waals surface area (Å²) < 4.78 is 5.17. The van der Waals surface area contributed by atoms with Crippen molar-refractivity contribution in [3.63, 3.8) is 0 Å². The molecule has 0 bridgehead atoms. The van der Waals surface area contributed by atoms with Crippen LogP contribution < -0.4 is 5.32 Å². The number of hydrogen-bond donors (Lipinski definition) is 1. The Hall–Kier alpha value is -0.0800. The minimum absolute atomic E-state index is 0. The van der Waals surface area contributed by atoms with Gasteiger partial charge in [-0.05, 0) is 6.42 Å². The zero-order valence-electron chi connectivity index (χ0n) is 7.11. The van der Waals surface area contributed by atoms with E-state index in [9.17, 15) is 0 Å². The van der Waals surface area contributed by atoms with E-state index in [0.29, 0.717) is 11.6 Å². The molecule has 1 saturated heterocycles. The molecule has 1 N–H and O–H groups in total. The predicted octanol–water partition coefficient (Wildman–Crippen LogP) is 1.41. The van der Waals surface area contributed by atoms with Gasteiger partial charge in [0, 0.05) is 7.47 Å². The predicted molar refractivity (Wildman–Crippen MR) is 44.2 cm³/mol. The Morgan fingerprint density at radius 3 is 2.30 bits per heavy atom. The molecule has 0 saturated carbocycles.